The van der Waals surface area contributed by atoms with Crippen molar-refractivity contribution in [3.8, 4) is 5.75 Å². The third-order valence-corrected chi connectivity index (χ3v) is 9.90. The van der Waals surface area contributed by atoms with Gasteiger partial charge in [-0.3, -0.25) is 13.9 Å². The summed E-state index contributed by atoms with van der Waals surface area (Å²) in [6.45, 7) is 6.64. The molecule has 0 aliphatic heterocycles. The van der Waals surface area contributed by atoms with Gasteiger partial charge in [-0.25, -0.2) is 8.42 Å². The Bertz CT molecular complexity index is 1770. The molecule has 0 fully saturated rings. The number of nitrogens with zero attached hydrogens (tertiary/aromatic N) is 2. The zero-order chi connectivity index (χ0) is 34.4. The lowest BCUT2D eigenvalue weighted by Gasteiger charge is -2.35. The molecule has 0 saturated carbocycles. The van der Waals surface area contributed by atoms with E-state index in [1.54, 1.807) is 54.6 Å². The molecule has 8 nitrogen and oxygen atoms in total. The molecule has 4 rings (SSSR count). The van der Waals surface area contributed by atoms with Gasteiger partial charge >= 0.3 is 0 Å². The fourth-order valence-corrected chi connectivity index (χ4v) is 6.91. The standard InChI is InChI=1S/C36H39Cl2N3O5S/c1-25-14-20-29(21-15-25)47(44,45)41(27-16-18-28(46-5)19-17-27)24-34(42)40(23-30-31(37)12-9-13-32(30)38)33(35(43)39-36(2,3)4)22-26-10-7-6-8-11-26/h6-21,33H,22-24H2,1-5H3,(H,39,43). The van der Waals surface area contributed by atoms with Crippen LogP contribution in [0, 0.1) is 6.92 Å². The van der Waals surface area contributed by atoms with Crippen LogP contribution in [0.4, 0.5) is 5.69 Å². The van der Waals surface area contributed by atoms with E-state index < -0.39 is 40.0 Å². The third-order valence-electron chi connectivity index (χ3n) is 7.41. The summed E-state index contributed by atoms with van der Waals surface area (Å²) < 4.78 is 34.7. The minimum absolute atomic E-state index is 0.0127. The first kappa shape index (κ1) is 35.8. The SMILES string of the molecule is COc1ccc(N(CC(=O)N(Cc2c(Cl)cccc2Cl)C(Cc2ccccc2)C(=O)NC(C)(C)C)S(=O)(=O)c2ccc(C)cc2)cc1. The molecule has 4 aromatic rings. The number of hydrogen-bond donors (Lipinski definition) is 1. The number of anilines is 1. The van der Waals surface area contributed by atoms with Gasteiger partial charge in [-0.2, -0.15) is 0 Å². The highest BCUT2D eigenvalue weighted by molar-refractivity contribution is 7.92. The zero-order valence-electron chi connectivity index (χ0n) is 27.0. The molecule has 0 saturated heterocycles. The van der Waals surface area contributed by atoms with Crippen LogP contribution in [-0.2, 0) is 32.6 Å². The van der Waals surface area contributed by atoms with Crippen molar-refractivity contribution in [1.29, 1.82) is 0 Å². The van der Waals surface area contributed by atoms with Crippen molar-refractivity contribution in [1.82, 2.24) is 10.2 Å². The van der Waals surface area contributed by atoms with Crippen LogP contribution in [0.2, 0.25) is 10.0 Å². The van der Waals surface area contributed by atoms with E-state index in [2.05, 4.69) is 5.32 Å². The van der Waals surface area contributed by atoms with Crippen LogP contribution in [0.15, 0.2) is 102 Å². The van der Waals surface area contributed by atoms with Gasteiger partial charge in [0.05, 0.1) is 17.7 Å². The summed E-state index contributed by atoms with van der Waals surface area (Å²) in [4.78, 5) is 30.0. The van der Waals surface area contributed by atoms with Gasteiger partial charge in [0.15, 0.2) is 0 Å². The molecule has 248 valence electrons. The highest BCUT2D eigenvalue weighted by Gasteiger charge is 2.36. The molecule has 11 heteroatoms. The molecule has 0 radical (unpaired) electrons. The molecule has 0 heterocycles. The van der Waals surface area contributed by atoms with Crippen LogP contribution in [0.25, 0.3) is 0 Å². The molecular weight excluding hydrogens is 657 g/mol. The van der Waals surface area contributed by atoms with Crippen molar-refractivity contribution >= 4 is 50.7 Å². The molecule has 1 atom stereocenters. The first-order valence-electron chi connectivity index (χ1n) is 15.0. The number of nitrogens with one attached hydrogen (secondary N) is 1. The number of aryl methyl sites for hydroxylation is 1. The lowest BCUT2D eigenvalue weighted by Crippen LogP contribution is -2.56. The van der Waals surface area contributed by atoms with Crippen LogP contribution in [0.5, 0.6) is 5.75 Å². The molecule has 1 N–H and O–H groups in total. The number of hydrogen-bond acceptors (Lipinski definition) is 5. The van der Waals surface area contributed by atoms with Crippen molar-refractivity contribution in [3.05, 3.63) is 124 Å². The molecule has 0 aromatic heterocycles. The van der Waals surface area contributed by atoms with Crippen LogP contribution < -0.4 is 14.4 Å². The summed E-state index contributed by atoms with van der Waals surface area (Å²) in [6, 6.07) is 26.0. The Hall–Kier alpha value is -4.05. The van der Waals surface area contributed by atoms with Crippen LogP contribution >= 0.6 is 23.2 Å². The van der Waals surface area contributed by atoms with Crippen molar-refractivity contribution in [3.63, 3.8) is 0 Å². The lowest BCUT2D eigenvalue weighted by molar-refractivity contribution is -0.140. The number of carbonyl (C=O) groups is 2. The molecule has 0 bridgehead atoms. The van der Waals surface area contributed by atoms with Gasteiger partial charge in [-0.1, -0.05) is 77.3 Å². The highest BCUT2D eigenvalue weighted by Crippen LogP contribution is 2.30. The minimum atomic E-state index is -4.25. The summed E-state index contributed by atoms with van der Waals surface area (Å²) >= 11 is 13.2. The Kier molecular flexibility index (Phi) is 11.6. The molecule has 0 aliphatic rings. The average Bonchev–Trinajstić information content (AvgIpc) is 3.02. The number of amides is 2. The predicted octanol–water partition coefficient (Wildman–Crippen LogP) is 7.06. The topological polar surface area (TPSA) is 96.0 Å². The second-order valence-corrected chi connectivity index (χ2v) is 14.9. The van der Waals surface area contributed by atoms with Crippen LogP contribution in [0.1, 0.15) is 37.5 Å². The van der Waals surface area contributed by atoms with E-state index in [9.17, 15) is 18.0 Å². The molecule has 1 unspecified atom stereocenters. The number of sulfonamides is 1. The van der Waals surface area contributed by atoms with Crippen molar-refractivity contribution in [2.75, 3.05) is 18.0 Å². The zero-order valence-corrected chi connectivity index (χ0v) is 29.4. The second-order valence-electron chi connectivity index (χ2n) is 12.2. The van der Waals surface area contributed by atoms with Gasteiger partial charge in [0.25, 0.3) is 10.0 Å². The molecule has 47 heavy (non-hydrogen) atoms. The Morgan fingerprint density at radius 1 is 0.851 bits per heavy atom. The maximum absolute atomic E-state index is 14.6. The lowest BCUT2D eigenvalue weighted by atomic mass is 10.0. The van der Waals surface area contributed by atoms with E-state index in [0.717, 1.165) is 15.4 Å². The Morgan fingerprint density at radius 3 is 2.00 bits per heavy atom. The normalized spacial score (nSPS) is 12.2. The summed E-state index contributed by atoms with van der Waals surface area (Å²) in [7, 11) is -2.74. The molecular formula is C36H39Cl2N3O5S. The van der Waals surface area contributed by atoms with Gasteiger partial charge in [0, 0.05) is 34.1 Å². The van der Waals surface area contributed by atoms with E-state index in [0.29, 0.717) is 21.4 Å². The van der Waals surface area contributed by atoms with E-state index in [4.69, 9.17) is 27.9 Å². The average molecular weight is 697 g/mol. The van der Waals surface area contributed by atoms with Crippen molar-refractivity contribution in [2.45, 2.75) is 57.1 Å². The second kappa shape index (κ2) is 15.2. The minimum Gasteiger partial charge on any atom is -0.497 e. The highest BCUT2D eigenvalue weighted by atomic mass is 35.5. The van der Waals surface area contributed by atoms with E-state index >= 15 is 0 Å². The Labute approximate surface area is 287 Å². The molecule has 4 aromatic carbocycles. The van der Waals surface area contributed by atoms with E-state index in [1.807, 2.05) is 58.0 Å². The monoisotopic (exact) mass is 695 g/mol. The van der Waals surface area contributed by atoms with Gasteiger partial charge in [-0.05, 0) is 81.8 Å². The van der Waals surface area contributed by atoms with Crippen molar-refractivity contribution in [2.24, 2.45) is 0 Å². The maximum Gasteiger partial charge on any atom is 0.264 e. The van der Waals surface area contributed by atoms with Gasteiger partial charge in [-0.15, -0.1) is 0 Å². The molecule has 0 spiro atoms. The van der Waals surface area contributed by atoms with E-state index in [1.165, 1.54) is 24.1 Å². The maximum atomic E-state index is 14.6. The number of ether oxygens (including phenoxy) is 1. The smallest absolute Gasteiger partial charge is 0.264 e. The van der Waals surface area contributed by atoms with Crippen LogP contribution in [-0.4, -0.2) is 50.4 Å². The van der Waals surface area contributed by atoms with Gasteiger partial charge < -0.3 is 15.0 Å². The first-order valence-corrected chi connectivity index (χ1v) is 17.2. The predicted molar refractivity (Wildman–Crippen MR) is 188 cm³/mol. The Morgan fingerprint density at radius 2 is 1.45 bits per heavy atom. The largest absolute Gasteiger partial charge is 0.497 e. The molecule has 2 amide bonds. The Balaban J connectivity index is 1.85. The van der Waals surface area contributed by atoms with E-state index in [-0.39, 0.29) is 23.5 Å². The fourth-order valence-electron chi connectivity index (χ4n) is 4.98. The number of carbonyl (C=O) groups excluding carboxylic acids is 2. The number of halogens is 2. The number of rotatable bonds is 12. The summed E-state index contributed by atoms with van der Waals surface area (Å²) in [5, 5.41) is 3.62. The number of methoxy groups -OCH3 is 1. The number of benzene rings is 4. The summed E-state index contributed by atoms with van der Waals surface area (Å²) in [5.41, 5.74) is 1.75. The third kappa shape index (κ3) is 9.28. The van der Waals surface area contributed by atoms with Gasteiger partial charge in [0.2, 0.25) is 11.8 Å². The fraction of sp³-hybridized carbons (Fsp3) is 0.278. The summed E-state index contributed by atoms with van der Waals surface area (Å²) in [5.74, 6) is -0.516. The van der Waals surface area contributed by atoms with Crippen LogP contribution in [0.3, 0.4) is 0 Å². The van der Waals surface area contributed by atoms with Gasteiger partial charge in [0.1, 0.15) is 18.3 Å². The molecule has 0 aliphatic carbocycles. The summed E-state index contributed by atoms with van der Waals surface area (Å²) in [6.07, 6.45) is 0.157. The first-order chi connectivity index (χ1) is 22.2. The quantitative estimate of drug-likeness (QED) is 0.171. The van der Waals surface area contributed by atoms with Crippen molar-refractivity contribution < 1.29 is 22.7 Å².